The van der Waals surface area contributed by atoms with E-state index in [2.05, 4.69) is 10.6 Å². The minimum Gasteiger partial charge on any atom is -0.438 e. The van der Waals surface area contributed by atoms with Crippen molar-refractivity contribution in [1.82, 2.24) is 20.4 Å². The maximum Gasteiger partial charge on any atom is 0.410 e. The number of allylic oxidation sites excluding steroid dienone is 2. The Balaban J connectivity index is 0.772. The number of piperidine rings is 1. The average molecular weight is 1400 g/mol. The summed E-state index contributed by atoms with van der Waals surface area (Å²) in [5.74, 6) is -4.70. The molecule has 7 amide bonds. The summed E-state index contributed by atoms with van der Waals surface area (Å²) in [7, 11) is -3.76. The number of amides is 7. The number of esters is 2. The molecule has 26 heteroatoms. The first kappa shape index (κ1) is 77.5. The predicted molar refractivity (Wildman–Crippen MR) is 363 cm³/mol. The van der Waals surface area contributed by atoms with E-state index in [4.69, 9.17) is 38.5 Å². The summed E-state index contributed by atoms with van der Waals surface area (Å²) >= 11 is 0. The zero-order valence-electron chi connectivity index (χ0n) is 58.6. The number of likely N-dealkylation sites (N-methyl/N-ethyl adjacent to an activating group) is 1. The fourth-order valence-corrected chi connectivity index (χ4v) is 14.8. The van der Waals surface area contributed by atoms with Gasteiger partial charge in [0.25, 0.3) is 0 Å². The van der Waals surface area contributed by atoms with Gasteiger partial charge in [-0.2, -0.15) is 8.78 Å². The van der Waals surface area contributed by atoms with Gasteiger partial charge in [0.2, 0.25) is 43.1 Å². The molecule has 3 aromatic rings. The summed E-state index contributed by atoms with van der Waals surface area (Å²) < 4.78 is 84.6. The van der Waals surface area contributed by atoms with E-state index in [1.165, 1.54) is 64.7 Å². The molecule has 3 aromatic carbocycles. The zero-order chi connectivity index (χ0) is 72.0. The zero-order valence-corrected chi connectivity index (χ0v) is 59.5. The van der Waals surface area contributed by atoms with Crippen molar-refractivity contribution in [1.29, 1.82) is 0 Å². The van der Waals surface area contributed by atoms with Gasteiger partial charge < -0.3 is 44.5 Å². The Hall–Kier alpha value is -7.28. The van der Waals surface area contributed by atoms with Gasteiger partial charge in [0.1, 0.15) is 12.1 Å². The summed E-state index contributed by atoms with van der Waals surface area (Å²) in [6.07, 6.45) is 10.3. The number of fused-ring (bicyclic) bond motifs is 1. The van der Waals surface area contributed by atoms with Gasteiger partial charge in [-0.1, -0.05) is 73.2 Å². The Kier molecular flexibility index (Phi) is 26.9. The molecule has 99 heavy (non-hydrogen) atoms. The van der Waals surface area contributed by atoms with Gasteiger partial charge in [0.05, 0.1) is 47.4 Å². The van der Waals surface area contributed by atoms with E-state index in [-0.39, 0.29) is 68.6 Å². The van der Waals surface area contributed by atoms with Crippen LogP contribution in [-0.4, -0.2) is 146 Å². The standard InChI is InChI=1S/C73H99F2N6O17P/c1-46(50-28-30-55(31-29-50)73(74,75)99(91,97-44-95-68(88)71(3,4)5)98-45-96-69(89)72(6,7)8)40-56(82)41-54-27-26-52-17-12-19-53-42-60(81(63(52)53)67(54)87)66(86)77-57(32-34-61(76)83)47(2)94-43-49-24-22-48(23-25-49)16-14-38-92-36-10-11-37-93-39-15-20-51-18-13-21-58-64(51)79(9)70(90)80(58)59-33-35-62(84)78-65(59)85/h12,17,19,22-25,28-31,40,47,51,54,57-60,64H,10-11,13-16,18,20-21,26-27,32-39,41-45H2,1-9H3,(H2,76,83)(H,77,86)(H,78,84,85)/b46-40+/t47-,51?,54-,57+,58?,59?,60+,64?/m1/s1. The van der Waals surface area contributed by atoms with Gasteiger partial charge in [-0.15, -0.1) is 0 Å². The molecule has 4 aliphatic heterocycles. The third kappa shape index (κ3) is 20.0. The number of primary amides is 1. The minimum atomic E-state index is -5.59. The molecule has 4 heterocycles. The molecule has 8 atom stereocenters. The van der Waals surface area contributed by atoms with Gasteiger partial charge in [-0.25, -0.2) is 4.79 Å². The number of anilines is 1. The number of nitrogens with one attached hydrogen (secondary N) is 2. The topological polar surface area (TPSA) is 295 Å². The van der Waals surface area contributed by atoms with Crippen molar-refractivity contribution in [2.45, 2.75) is 213 Å². The second kappa shape index (κ2) is 34.4. The number of halogens is 2. The number of imide groups is 1. The quantitative estimate of drug-likeness (QED) is 0.0123. The third-order valence-electron chi connectivity index (χ3n) is 19.1. The fourth-order valence-electron chi connectivity index (χ4n) is 13.5. The van der Waals surface area contributed by atoms with E-state index in [0.29, 0.717) is 68.4 Å². The maximum atomic E-state index is 16.3. The molecule has 0 aromatic heterocycles. The highest BCUT2D eigenvalue weighted by Crippen LogP contribution is 2.67. The highest BCUT2D eigenvalue weighted by molar-refractivity contribution is 7.54. The number of ketones is 1. The first-order valence-corrected chi connectivity index (χ1v) is 36.1. The van der Waals surface area contributed by atoms with Crippen LogP contribution >= 0.6 is 7.60 Å². The van der Waals surface area contributed by atoms with Crippen molar-refractivity contribution in [2.75, 3.05) is 52.0 Å². The molecule has 4 unspecified atom stereocenters. The molecule has 0 radical (unpaired) electrons. The van der Waals surface area contributed by atoms with Crippen molar-refractivity contribution < 1.29 is 89.2 Å². The predicted octanol–water partition coefficient (Wildman–Crippen LogP) is 10.5. The Morgan fingerprint density at radius 3 is 2.02 bits per heavy atom. The van der Waals surface area contributed by atoms with E-state index in [0.717, 1.165) is 92.2 Å². The number of rotatable bonds is 35. The molecule has 1 aliphatic carbocycles. The third-order valence-corrected chi connectivity index (χ3v) is 21.0. The lowest BCUT2D eigenvalue weighted by Gasteiger charge is -2.39. The molecule has 5 aliphatic rings. The number of nitrogens with zero attached hydrogens (tertiary/aromatic N) is 3. The summed E-state index contributed by atoms with van der Waals surface area (Å²) in [4.78, 5) is 123. The van der Waals surface area contributed by atoms with Crippen LogP contribution in [0.25, 0.3) is 5.57 Å². The second-order valence-electron chi connectivity index (χ2n) is 28.7. The van der Waals surface area contributed by atoms with Crippen molar-refractivity contribution in [3.63, 3.8) is 0 Å². The number of benzene rings is 3. The Morgan fingerprint density at radius 1 is 0.778 bits per heavy atom. The number of carbonyl (C=O) groups excluding carboxylic acids is 9. The number of hydrogen-bond acceptors (Lipinski definition) is 17. The van der Waals surface area contributed by atoms with Gasteiger partial charge in [-0.05, 0) is 178 Å². The SMILES string of the molecule is C/C(=C\C(=O)C[C@H]1CCc2cccc3c2N(C1=O)[C@H](C(=O)N[C@@H](CCC(N)=O)[C@@H](C)OCc1ccc(CCCOCCCCOCCCC2CCCC4C2N(C)C(=O)N4C2CCC(=O)NC2=O)cc1)C3)c1ccc(C(F)(F)P(=O)(OCOC(=O)C(C)(C)C)OCOC(=O)C(C)(C)C)cc1. The van der Waals surface area contributed by atoms with Crippen molar-refractivity contribution in [3.8, 4) is 0 Å². The fraction of sp³-hybridized carbons (Fsp3) is 0.603. The highest BCUT2D eigenvalue weighted by Gasteiger charge is 2.57. The molecule has 1 saturated carbocycles. The number of aryl methyl sites for hydroxylation is 2. The molecular weight excluding hydrogens is 1300 g/mol. The van der Waals surface area contributed by atoms with E-state index >= 15 is 8.78 Å². The van der Waals surface area contributed by atoms with E-state index < -0.39 is 109 Å². The van der Waals surface area contributed by atoms with E-state index in [1.807, 2.05) is 54.4 Å². The lowest BCUT2D eigenvalue weighted by molar-refractivity contribution is -0.163. The molecule has 0 spiro atoms. The normalized spacial score (nSPS) is 21.2. The lowest BCUT2D eigenvalue weighted by Crippen LogP contribution is -2.56. The second-order valence-corrected chi connectivity index (χ2v) is 30.8. The molecule has 8 rings (SSSR count). The number of unbranched alkanes of at least 4 members (excludes halogenated alkanes) is 1. The van der Waals surface area contributed by atoms with Crippen LogP contribution in [-0.2, 0) is 107 Å². The summed E-state index contributed by atoms with van der Waals surface area (Å²) in [6, 6.07) is 15.8. The van der Waals surface area contributed by atoms with Crippen LogP contribution in [0.1, 0.15) is 179 Å². The Labute approximate surface area is 579 Å². The number of urea groups is 1. The number of para-hydroxylation sites is 1. The van der Waals surface area contributed by atoms with Gasteiger partial charge in [-0.3, -0.25) is 62.2 Å². The largest absolute Gasteiger partial charge is 0.438 e. The van der Waals surface area contributed by atoms with E-state index in [9.17, 15) is 47.7 Å². The van der Waals surface area contributed by atoms with Gasteiger partial charge in [0, 0.05) is 70.6 Å². The van der Waals surface area contributed by atoms with Crippen LogP contribution in [0.15, 0.2) is 72.8 Å². The first-order chi connectivity index (χ1) is 46.9. The number of nitrogens with two attached hydrogens (primary N) is 1. The van der Waals surface area contributed by atoms with Crippen molar-refractivity contribution in [2.24, 2.45) is 28.4 Å². The number of hydrogen-bond donors (Lipinski definition) is 3. The van der Waals surface area contributed by atoms with Crippen LogP contribution in [0, 0.1) is 22.7 Å². The summed E-state index contributed by atoms with van der Waals surface area (Å²) in [5, 5.41) is 5.50. The molecule has 542 valence electrons. The summed E-state index contributed by atoms with van der Waals surface area (Å²) in [5.41, 5.74) is 3.35. The molecule has 3 fully saturated rings. The lowest BCUT2D eigenvalue weighted by atomic mass is 9.78. The molecule has 0 bridgehead atoms. The van der Waals surface area contributed by atoms with Crippen LogP contribution in [0.5, 0.6) is 0 Å². The van der Waals surface area contributed by atoms with E-state index in [1.54, 1.807) is 18.7 Å². The van der Waals surface area contributed by atoms with Crippen LogP contribution in [0.3, 0.4) is 0 Å². The number of ether oxygens (including phenoxy) is 5. The summed E-state index contributed by atoms with van der Waals surface area (Å²) in [6.45, 7) is 12.9. The van der Waals surface area contributed by atoms with Crippen LogP contribution < -0.4 is 21.3 Å². The van der Waals surface area contributed by atoms with Gasteiger partial charge in [0.15, 0.2) is 5.78 Å². The number of alkyl halides is 2. The minimum absolute atomic E-state index is 0.0271. The smallest absolute Gasteiger partial charge is 0.410 e. The maximum absolute atomic E-state index is 16.3. The Bertz CT molecular complexity index is 3430. The first-order valence-electron chi connectivity index (χ1n) is 34.6. The van der Waals surface area contributed by atoms with Crippen molar-refractivity contribution in [3.05, 3.63) is 106 Å². The molecule has 4 N–H and O–H groups in total. The van der Waals surface area contributed by atoms with Crippen LogP contribution in [0.2, 0.25) is 0 Å². The molecule has 23 nitrogen and oxygen atoms in total. The monoisotopic (exact) mass is 1400 g/mol. The van der Waals surface area contributed by atoms with Crippen LogP contribution in [0.4, 0.5) is 19.3 Å². The molecular formula is C73H99F2N6O17P. The van der Waals surface area contributed by atoms with Crippen molar-refractivity contribution >= 4 is 72.1 Å². The molecule has 2 saturated heterocycles. The average Bonchev–Trinajstić information content (AvgIpc) is 1.64. The Morgan fingerprint density at radius 2 is 1.39 bits per heavy atom. The van der Waals surface area contributed by atoms with Gasteiger partial charge >= 0.3 is 31.2 Å². The number of carbonyl (C=O) groups is 9. The highest BCUT2D eigenvalue weighted by atomic mass is 31.2.